The van der Waals surface area contributed by atoms with Crippen LogP contribution in [0.3, 0.4) is 0 Å². The summed E-state index contributed by atoms with van der Waals surface area (Å²) in [4.78, 5) is 2.29. The van der Waals surface area contributed by atoms with Crippen molar-refractivity contribution >= 4 is 22.3 Å². The number of aryl methyl sites for hydroxylation is 1. The average Bonchev–Trinajstić information content (AvgIpc) is 3.27. The molecule has 0 saturated carbocycles. The van der Waals surface area contributed by atoms with Gasteiger partial charge in [0.2, 0.25) is 0 Å². The molecular weight excluding hydrogens is 428 g/mol. The van der Waals surface area contributed by atoms with Crippen LogP contribution in [0.5, 0.6) is 11.5 Å². The third kappa shape index (κ3) is 4.97. The summed E-state index contributed by atoms with van der Waals surface area (Å²) in [6.07, 6.45) is 3.74. The Labute approximate surface area is 200 Å². The molecule has 0 aliphatic carbocycles. The molecule has 2 aromatic carbocycles. The Morgan fingerprint density at radius 2 is 1.88 bits per heavy atom. The molecule has 0 amide bonds. The van der Waals surface area contributed by atoms with Crippen molar-refractivity contribution in [2.45, 2.75) is 26.8 Å². The van der Waals surface area contributed by atoms with Crippen LogP contribution in [-0.4, -0.2) is 53.3 Å². The first-order valence-corrected chi connectivity index (χ1v) is 11.4. The molecule has 0 fully saturated rings. The molecule has 8 heteroatoms. The van der Waals surface area contributed by atoms with Gasteiger partial charge in [-0.15, -0.1) is 10.2 Å². The first-order valence-electron chi connectivity index (χ1n) is 11.4. The number of rotatable bonds is 9. The van der Waals surface area contributed by atoms with Gasteiger partial charge in [0, 0.05) is 66.7 Å². The van der Waals surface area contributed by atoms with Gasteiger partial charge in [-0.3, -0.25) is 4.68 Å². The minimum atomic E-state index is 0.400. The predicted molar refractivity (Wildman–Crippen MR) is 136 cm³/mol. The van der Waals surface area contributed by atoms with E-state index in [2.05, 4.69) is 70.5 Å². The number of aromatic nitrogens is 4. The number of hydrogen-bond acceptors (Lipinski definition) is 7. The molecule has 0 unspecified atom stereocenters. The normalized spacial score (nSPS) is 11.3. The lowest BCUT2D eigenvalue weighted by Crippen LogP contribution is -2.33. The summed E-state index contributed by atoms with van der Waals surface area (Å²) >= 11 is 0. The maximum atomic E-state index is 5.65. The number of anilines is 2. The van der Waals surface area contributed by atoms with Crippen LogP contribution in [0, 0.1) is 6.92 Å². The van der Waals surface area contributed by atoms with Crippen LogP contribution in [0.15, 0.2) is 48.8 Å². The van der Waals surface area contributed by atoms with E-state index in [-0.39, 0.29) is 0 Å². The lowest BCUT2D eigenvalue weighted by Gasteiger charge is -2.29. The molecule has 0 bridgehead atoms. The van der Waals surface area contributed by atoms with Crippen molar-refractivity contribution in [3.63, 3.8) is 0 Å². The van der Waals surface area contributed by atoms with Crippen LogP contribution in [0.1, 0.15) is 19.4 Å². The first-order chi connectivity index (χ1) is 16.4. The predicted octanol–water partition coefficient (Wildman–Crippen LogP) is 4.49. The number of nitrogens with one attached hydrogen (secondary N) is 1. The number of hydrogen-bond donors (Lipinski definition) is 1. The summed E-state index contributed by atoms with van der Waals surface area (Å²) in [6, 6.07) is 12.7. The van der Waals surface area contributed by atoms with E-state index >= 15 is 0 Å². The largest absolute Gasteiger partial charge is 0.497 e. The van der Waals surface area contributed by atoms with Gasteiger partial charge in [0.1, 0.15) is 11.5 Å². The summed E-state index contributed by atoms with van der Waals surface area (Å²) in [6.45, 7) is 7.97. The summed E-state index contributed by atoms with van der Waals surface area (Å²) in [5.41, 5.74) is 5.73. The van der Waals surface area contributed by atoms with E-state index < -0.39 is 0 Å². The van der Waals surface area contributed by atoms with Crippen molar-refractivity contribution < 1.29 is 9.47 Å². The summed E-state index contributed by atoms with van der Waals surface area (Å²) < 4.78 is 13.0. The average molecular weight is 461 g/mol. The molecule has 0 spiro atoms. The molecule has 178 valence electrons. The maximum Gasteiger partial charge on any atom is 0.127 e. The highest BCUT2D eigenvalue weighted by Crippen LogP contribution is 2.38. The quantitative estimate of drug-likeness (QED) is 0.394. The Morgan fingerprint density at radius 3 is 2.56 bits per heavy atom. The lowest BCUT2D eigenvalue weighted by molar-refractivity contribution is 0.392. The van der Waals surface area contributed by atoms with Crippen LogP contribution in [0.25, 0.3) is 22.2 Å². The van der Waals surface area contributed by atoms with Crippen molar-refractivity contribution in [3.8, 4) is 22.8 Å². The molecule has 4 rings (SSSR count). The standard InChI is InChI=1S/C26H32N6O2/c1-17(2)27-9-10-32(25-13-22(33-5)14-26(34-6)18(25)3)21-7-8-23-19(11-21)12-24(30-29-23)20-15-28-31(4)16-20/h7-8,11-17,27H,9-10H2,1-6H3. The molecule has 0 aliphatic rings. The Hall–Kier alpha value is -3.65. The second kappa shape index (κ2) is 10.1. The van der Waals surface area contributed by atoms with Gasteiger partial charge >= 0.3 is 0 Å². The summed E-state index contributed by atoms with van der Waals surface area (Å²) in [5, 5.41) is 17.6. The SMILES string of the molecule is COc1cc(OC)c(C)c(N(CCNC(C)C)c2ccc3nnc(-c4cnn(C)c4)cc3c2)c1. The van der Waals surface area contributed by atoms with Gasteiger partial charge in [-0.2, -0.15) is 5.10 Å². The molecule has 1 N–H and O–H groups in total. The molecule has 2 heterocycles. The van der Waals surface area contributed by atoms with Crippen molar-refractivity contribution in [1.29, 1.82) is 0 Å². The molecule has 0 saturated heterocycles. The van der Waals surface area contributed by atoms with Crippen molar-refractivity contribution in [2.75, 3.05) is 32.2 Å². The van der Waals surface area contributed by atoms with Crippen LogP contribution in [-0.2, 0) is 7.05 Å². The summed E-state index contributed by atoms with van der Waals surface area (Å²) in [7, 11) is 5.25. The highest BCUT2D eigenvalue weighted by Gasteiger charge is 2.18. The molecule has 34 heavy (non-hydrogen) atoms. The Kier molecular flexibility index (Phi) is 6.98. The van der Waals surface area contributed by atoms with E-state index in [1.165, 1.54) is 0 Å². The first kappa shape index (κ1) is 23.5. The zero-order chi connectivity index (χ0) is 24.2. The second-order valence-corrected chi connectivity index (χ2v) is 8.61. The fourth-order valence-corrected chi connectivity index (χ4v) is 4.01. The zero-order valence-corrected chi connectivity index (χ0v) is 20.7. The monoisotopic (exact) mass is 460 g/mol. The Bertz CT molecular complexity index is 1280. The van der Waals surface area contributed by atoms with Gasteiger partial charge in [-0.25, -0.2) is 0 Å². The summed E-state index contributed by atoms with van der Waals surface area (Å²) in [5.74, 6) is 1.55. The van der Waals surface area contributed by atoms with Gasteiger partial charge in [0.05, 0.1) is 37.3 Å². The molecule has 4 aromatic rings. The van der Waals surface area contributed by atoms with E-state index in [4.69, 9.17) is 9.47 Å². The van der Waals surface area contributed by atoms with Crippen molar-refractivity contribution in [1.82, 2.24) is 25.3 Å². The van der Waals surface area contributed by atoms with Crippen LogP contribution < -0.4 is 19.7 Å². The molecule has 0 atom stereocenters. The van der Waals surface area contributed by atoms with Gasteiger partial charge in [-0.1, -0.05) is 13.8 Å². The second-order valence-electron chi connectivity index (χ2n) is 8.61. The van der Waals surface area contributed by atoms with Crippen LogP contribution in [0.4, 0.5) is 11.4 Å². The Balaban J connectivity index is 1.80. The highest BCUT2D eigenvalue weighted by atomic mass is 16.5. The highest BCUT2D eigenvalue weighted by molar-refractivity contribution is 5.86. The third-order valence-corrected chi connectivity index (χ3v) is 5.82. The fraction of sp³-hybridized carbons (Fsp3) is 0.346. The van der Waals surface area contributed by atoms with E-state index in [9.17, 15) is 0 Å². The Morgan fingerprint density at radius 1 is 1.06 bits per heavy atom. The van der Waals surface area contributed by atoms with E-state index in [1.54, 1.807) is 25.1 Å². The molecular formula is C26H32N6O2. The number of ether oxygens (including phenoxy) is 2. The van der Waals surface area contributed by atoms with Crippen LogP contribution >= 0.6 is 0 Å². The van der Waals surface area contributed by atoms with Gasteiger partial charge in [0.25, 0.3) is 0 Å². The smallest absolute Gasteiger partial charge is 0.127 e. The van der Waals surface area contributed by atoms with Crippen molar-refractivity contribution in [2.24, 2.45) is 7.05 Å². The number of methoxy groups -OCH3 is 2. The maximum absolute atomic E-state index is 5.65. The van der Waals surface area contributed by atoms with Gasteiger partial charge < -0.3 is 19.7 Å². The van der Waals surface area contributed by atoms with E-state index in [0.29, 0.717) is 6.04 Å². The number of benzene rings is 2. The molecule has 0 aliphatic heterocycles. The molecule has 0 radical (unpaired) electrons. The molecule has 8 nitrogen and oxygen atoms in total. The minimum absolute atomic E-state index is 0.400. The zero-order valence-electron chi connectivity index (χ0n) is 20.7. The van der Waals surface area contributed by atoms with Gasteiger partial charge in [0.15, 0.2) is 0 Å². The number of fused-ring (bicyclic) bond motifs is 1. The van der Waals surface area contributed by atoms with Crippen LogP contribution in [0.2, 0.25) is 0 Å². The lowest BCUT2D eigenvalue weighted by atomic mass is 10.1. The molecule has 2 aromatic heterocycles. The fourth-order valence-electron chi connectivity index (χ4n) is 4.01. The van der Waals surface area contributed by atoms with E-state index in [1.807, 2.05) is 25.4 Å². The minimum Gasteiger partial charge on any atom is -0.497 e. The number of nitrogens with zero attached hydrogens (tertiary/aromatic N) is 5. The third-order valence-electron chi connectivity index (χ3n) is 5.82. The van der Waals surface area contributed by atoms with Gasteiger partial charge in [-0.05, 0) is 31.2 Å². The topological polar surface area (TPSA) is 77.3 Å². The van der Waals surface area contributed by atoms with Crippen molar-refractivity contribution in [3.05, 3.63) is 54.4 Å². The van der Waals surface area contributed by atoms with E-state index in [0.717, 1.165) is 63.7 Å².